The Morgan fingerprint density at radius 1 is 1.32 bits per heavy atom. The van der Waals surface area contributed by atoms with E-state index in [9.17, 15) is 0 Å². The molecule has 2 unspecified atom stereocenters. The Labute approximate surface area is 117 Å². The van der Waals surface area contributed by atoms with Crippen molar-refractivity contribution >= 4 is 0 Å². The van der Waals surface area contributed by atoms with E-state index in [0.717, 1.165) is 6.42 Å². The van der Waals surface area contributed by atoms with Crippen LogP contribution in [-0.2, 0) is 0 Å². The Kier molecular flexibility index (Phi) is 4.42. The molecule has 0 nitrogen and oxygen atoms in total. The number of allylic oxidation sites excluding steroid dienone is 6. The third kappa shape index (κ3) is 3.07. The molecule has 1 aromatic rings. The maximum atomic E-state index is 2.39. The maximum Gasteiger partial charge on any atom is 0.0109 e. The number of benzene rings is 1. The van der Waals surface area contributed by atoms with E-state index >= 15 is 0 Å². The molecule has 0 heterocycles. The van der Waals surface area contributed by atoms with Crippen LogP contribution >= 0.6 is 0 Å². The summed E-state index contributed by atoms with van der Waals surface area (Å²) >= 11 is 0. The minimum absolute atomic E-state index is 0.181. The van der Waals surface area contributed by atoms with Gasteiger partial charge >= 0.3 is 0 Å². The Bertz CT molecular complexity index is 490. The zero-order chi connectivity index (χ0) is 13.7. The highest BCUT2D eigenvalue weighted by Gasteiger charge is 2.32. The zero-order valence-electron chi connectivity index (χ0n) is 12.3. The standard InChI is InChI=1S/C19H24/c1-4-6-12-18(5-2)19(3)14-13-17(15-19)16-10-8-7-9-11-16/h5-14,17H,4,15H2,1-3H3/b12-6-,18-5+. The molecule has 1 aliphatic rings. The van der Waals surface area contributed by atoms with Crippen molar-refractivity contribution in [3.63, 3.8) is 0 Å². The van der Waals surface area contributed by atoms with Crippen LogP contribution in [0.2, 0.25) is 0 Å². The lowest BCUT2D eigenvalue weighted by Crippen LogP contribution is -2.13. The van der Waals surface area contributed by atoms with Gasteiger partial charge in [0, 0.05) is 11.3 Å². The van der Waals surface area contributed by atoms with Crippen molar-refractivity contribution in [2.24, 2.45) is 5.41 Å². The van der Waals surface area contributed by atoms with Crippen molar-refractivity contribution in [1.29, 1.82) is 0 Å². The van der Waals surface area contributed by atoms with Crippen LogP contribution < -0.4 is 0 Å². The van der Waals surface area contributed by atoms with Crippen LogP contribution in [0.25, 0.3) is 0 Å². The van der Waals surface area contributed by atoms with Gasteiger partial charge in [-0.3, -0.25) is 0 Å². The van der Waals surface area contributed by atoms with E-state index in [-0.39, 0.29) is 5.41 Å². The van der Waals surface area contributed by atoms with Crippen molar-refractivity contribution < 1.29 is 0 Å². The molecule has 0 radical (unpaired) electrons. The fourth-order valence-corrected chi connectivity index (χ4v) is 2.93. The molecule has 100 valence electrons. The fourth-order valence-electron chi connectivity index (χ4n) is 2.93. The second-order valence-corrected chi connectivity index (χ2v) is 5.55. The van der Waals surface area contributed by atoms with Crippen LogP contribution in [0, 0.1) is 5.41 Å². The normalized spacial score (nSPS) is 27.3. The summed E-state index contributed by atoms with van der Waals surface area (Å²) in [5.74, 6) is 0.552. The van der Waals surface area contributed by atoms with Crippen LogP contribution in [0.1, 0.15) is 45.1 Å². The first-order valence-electron chi connectivity index (χ1n) is 7.27. The molecule has 0 aromatic heterocycles. The van der Waals surface area contributed by atoms with Gasteiger partial charge in [-0.05, 0) is 30.9 Å². The SMILES string of the molecule is C/C=C(\C=C/CC)C1(C)C=CC(c2ccccc2)C1. The summed E-state index contributed by atoms with van der Waals surface area (Å²) in [4.78, 5) is 0. The number of hydrogen-bond acceptors (Lipinski definition) is 0. The number of hydrogen-bond donors (Lipinski definition) is 0. The van der Waals surface area contributed by atoms with Gasteiger partial charge in [0.1, 0.15) is 0 Å². The van der Waals surface area contributed by atoms with Crippen molar-refractivity contribution in [3.05, 3.63) is 71.8 Å². The quantitative estimate of drug-likeness (QED) is 0.480. The predicted octanol–water partition coefficient (Wildman–Crippen LogP) is 5.65. The van der Waals surface area contributed by atoms with Crippen LogP contribution in [-0.4, -0.2) is 0 Å². The molecule has 1 aliphatic carbocycles. The van der Waals surface area contributed by atoms with Crippen LogP contribution in [0.4, 0.5) is 0 Å². The topological polar surface area (TPSA) is 0 Å². The molecule has 1 aromatic carbocycles. The van der Waals surface area contributed by atoms with Gasteiger partial charge in [-0.1, -0.05) is 74.6 Å². The molecule has 0 bridgehead atoms. The Balaban J connectivity index is 2.17. The summed E-state index contributed by atoms with van der Waals surface area (Å²) in [7, 11) is 0. The summed E-state index contributed by atoms with van der Waals surface area (Å²) in [6, 6.07) is 10.8. The summed E-state index contributed by atoms with van der Waals surface area (Å²) in [6.45, 7) is 6.68. The van der Waals surface area contributed by atoms with Gasteiger partial charge in [0.15, 0.2) is 0 Å². The van der Waals surface area contributed by atoms with E-state index in [1.54, 1.807) is 0 Å². The molecular formula is C19H24. The average molecular weight is 252 g/mol. The van der Waals surface area contributed by atoms with E-state index in [0.29, 0.717) is 5.92 Å². The average Bonchev–Trinajstić information content (AvgIpc) is 2.84. The van der Waals surface area contributed by atoms with Gasteiger partial charge in [0.25, 0.3) is 0 Å². The first kappa shape index (κ1) is 13.9. The Morgan fingerprint density at radius 3 is 2.68 bits per heavy atom. The van der Waals surface area contributed by atoms with Gasteiger partial charge < -0.3 is 0 Å². The number of rotatable bonds is 4. The molecule has 0 N–H and O–H groups in total. The predicted molar refractivity (Wildman–Crippen MR) is 84.2 cm³/mol. The van der Waals surface area contributed by atoms with Crippen LogP contribution in [0.15, 0.2) is 66.3 Å². The highest BCUT2D eigenvalue weighted by atomic mass is 14.4. The van der Waals surface area contributed by atoms with Gasteiger partial charge in [-0.15, -0.1) is 0 Å². The van der Waals surface area contributed by atoms with E-state index in [1.807, 2.05) is 0 Å². The van der Waals surface area contributed by atoms with Crippen LogP contribution in [0.5, 0.6) is 0 Å². The smallest absolute Gasteiger partial charge is 0.0109 e. The molecule has 0 amide bonds. The minimum atomic E-state index is 0.181. The maximum absolute atomic E-state index is 2.39. The van der Waals surface area contributed by atoms with Crippen molar-refractivity contribution in [2.75, 3.05) is 0 Å². The van der Waals surface area contributed by atoms with Crippen molar-refractivity contribution in [1.82, 2.24) is 0 Å². The third-order valence-corrected chi connectivity index (χ3v) is 4.07. The van der Waals surface area contributed by atoms with Gasteiger partial charge in [-0.25, -0.2) is 0 Å². The van der Waals surface area contributed by atoms with Crippen molar-refractivity contribution in [3.8, 4) is 0 Å². The molecule has 0 saturated heterocycles. The first-order chi connectivity index (χ1) is 9.19. The second-order valence-electron chi connectivity index (χ2n) is 5.55. The lowest BCUT2D eigenvalue weighted by molar-refractivity contribution is 0.487. The van der Waals surface area contributed by atoms with E-state index < -0.39 is 0 Å². The second kappa shape index (κ2) is 6.06. The Hall–Kier alpha value is -1.56. The zero-order valence-corrected chi connectivity index (χ0v) is 12.3. The molecule has 2 atom stereocenters. The van der Waals surface area contributed by atoms with E-state index in [2.05, 4.69) is 81.5 Å². The highest BCUT2D eigenvalue weighted by Crippen LogP contribution is 2.45. The lowest BCUT2D eigenvalue weighted by atomic mass is 9.78. The molecule has 0 spiro atoms. The molecule has 0 aliphatic heterocycles. The van der Waals surface area contributed by atoms with Gasteiger partial charge in [-0.2, -0.15) is 0 Å². The van der Waals surface area contributed by atoms with Gasteiger partial charge in [0.2, 0.25) is 0 Å². The van der Waals surface area contributed by atoms with Crippen LogP contribution in [0.3, 0.4) is 0 Å². The van der Waals surface area contributed by atoms with Crippen molar-refractivity contribution in [2.45, 2.75) is 39.5 Å². The molecule has 2 rings (SSSR count). The fraction of sp³-hybridized carbons (Fsp3) is 0.368. The molecular weight excluding hydrogens is 228 g/mol. The summed E-state index contributed by atoms with van der Waals surface area (Å²) in [5.41, 5.74) is 3.04. The van der Waals surface area contributed by atoms with Gasteiger partial charge in [0.05, 0.1) is 0 Å². The molecule has 0 fully saturated rings. The summed E-state index contributed by atoms with van der Waals surface area (Å²) in [5, 5.41) is 0. The third-order valence-electron chi connectivity index (χ3n) is 4.07. The molecule has 19 heavy (non-hydrogen) atoms. The molecule has 0 saturated carbocycles. The minimum Gasteiger partial charge on any atom is -0.0845 e. The van der Waals surface area contributed by atoms with E-state index in [4.69, 9.17) is 0 Å². The lowest BCUT2D eigenvalue weighted by Gasteiger charge is -2.25. The first-order valence-corrected chi connectivity index (χ1v) is 7.27. The largest absolute Gasteiger partial charge is 0.0845 e. The van der Waals surface area contributed by atoms with E-state index in [1.165, 1.54) is 17.6 Å². The molecule has 0 heteroatoms. The summed E-state index contributed by atoms with van der Waals surface area (Å²) in [6.07, 6.45) is 13.8. The summed E-state index contributed by atoms with van der Waals surface area (Å²) < 4.78 is 0. The Morgan fingerprint density at radius 2 is 2.05 bits per heavy atom. The highest BCUT2D eigenvalue weighted by molar-refractivity contribution is 5.38. The monoisotopic (exact) mass is 252 g/mol.